The smallest absolute Gasteiger partial charge is 0.136 e. The molecule has 0 aliphatic heterocycles. The van der Waals surface area contributed by atoms with Crippen LogP contribution in [0, 0.1) is 0 Å². The van der Waals surface area contributed by atoms with Crippen molar-refractivity contribution in [1.82, 2.24) is 0 Å². The Hall–Kier alpha value is -0.990. The van der Waals surface area contributed by atoms with E-state index in [9.17, 15) is 0 Å². The zero-order chi connectivity index (χ0) is 9.84. The standard InChI is InChI=1S/C9H8Cl2N2/c1-13-9(11)7-5-3-2-4-6(7)8(10)12/h2-5H,1,12H2/b8-6-,9-7-. The molecule has 13 heavy (non-hydrogen) atoms. The molecule has 0 saturated carbocycles. The summed E-state index contributed by atoms with van der Waals surface area (Å²) in [7, 11) is 0. The molecule has 68 valence electrons. The molecule has 2 nitrogen and oxygen atoms in total. The van der Waals surface area contributed by atoms with Gasteiger partial charge in [-0.3, -0.25) is 4.99 Å². The van der Waals surface area contributed by atoms with E-state index >= 15 is 0 Å². The summed E-state index contributed by atoms with van der Waals surface area (Å²) in [6.45, 7) is 3.33. The molecule has 0 aliphatic rings. The van der Waals surface area contributed by atoms with E-state index in [2.05, 4.69) is 11.7 Å². The summed E-state index contributed by atoms with van der Waals surface area (Å²) in [4.78, 5) is 3.61. The summed E-state index contributed by atoms with van der Waals surface area (Å²) in [6.07, 6.45) is 0. The van der Waals surface area contributed by atoms with Crippen molar-refractivity contribution in [2.45, 2.75) is 0 Å². The van der Waals surface area contributed by atoms with Crippen LogP contribution in [0.5, 0.6) is 0 Å². The summed E-state index contributed by atoms with van der Waals surface area (Å²) in [5, 5.41) is 1.84. The fraction of sp³-hybridized carbons (Fsp3) is 0. The number of hydrogen-bond acceptors (Lipinski definition) is 2. The fourth-order valence-electron chi connectivity index (χ4n) is 0.956. The van der Waals surface area contributed by atoms with Crippen molar-refractivity contribution in [2.75, 3.05) is 0 Å². The molecule has 0 heterocycles. The van der Waals surface area contributed by atoms with E-state index in [1.165, 1.54) is 0 Å². The topological polar surface area (TPSA) is 38.4 Å². The lowest BCUT2D eigenvalue weighted by Gasteiger charge is -1.93. The second kappa shape index (κ2) is 4.30. The van der Waals surface area contributed by atoms with Gasteiger partial charge in [0.05, 0.1) is 0 Å². The first kappa shape index (κ1) is 10.1. The Morgan fingerprint density at radius 3 is 2.23 bits per heavy atom. The third-order valence-corrected chi connectivity index (χ3v) is 2.07. The van der Waals surface area contributed by atoms with Crippen molar-refractivity contribution >= 4 is 40.2 Å². The predicted molar refractivity (Wildman–Crippen MR) is 58.0 cm³/mol. The van der Waals surface area contributed by atoms with Gasteiger partial charge in [0.25, 0.3) is 0 Å². The third kappa shape index (κ3) is 2.23. The first-order valence-corrected chi connectivity index (χ1v) is 4.29. The van der Waals surface area contributed by atoms with Gasteiger partial charge in [-0.25, -0.2) is 0 Å². The van der Waals surface area contributed by atoms with Crippen LogP contribution < -0.4 is 16.2 Å². The summed E-state index contributed by atoms with van der Waals surface area (Å²) >= 11 is 11.5. The van der Waals surface area contributed by atoms with Gasteiger partial charge >= 0.3 is 0 Å². The highest BCUT2D eigenvalue weighted by Gasteiger charge is 1.93. The molecule has 0 atom stereocenters. The second-order valence-electron chi connectivity index (χ2n) is 2.34. The predicted octanol–water partition coefficient (Wildman–Crippen LogP) is 0.955. The molecule has 0 unspecified atom stereocenters. The second-order valence-corrected chi connectivity index (χ2v) is 3.11. The molecule has 0 saturated heterocycles. The van der Waals surface area contributed by atoms with Crippen molar-refractivity contribution in [3.8, 4) is 0 Å². The summed E-state index contributed by atoms with van der Waals surface area (Å²) in [5.74, 6) is 0. The van der Waals surface area contributed by atoms with E-state index < -0.39 is 0 Å². The molecule has 0 spiro atoms. The Balaban J connectivity index is 3.76. The number of hydrogen-bond donors (Lipinski definition) is 1. The number of nitrogens with zero attached hydrogens (tertiary/aromatic N) is 1. The van der Waals surface area contributed by atoms with Crippen LogP contribution in [0.4, 0.5) is 0 Å². The molecule has 0 amide bonds. The molecule has 1 rings (SSSR count). The van der Waals surface area contributed by atoms with Gasteiger partial charge < -0.3 is 5.73 Å². The zero-order valence-electron chi connectivity index (χ0n) is 6.80. The first-order valence-electron chi connectivity index (χ1n) is 3.53. The molecular formula is C9H8Cl2N2. The van der Waals surface area contributed by atoms with Gasteiger partial charge in [0.1, 0.15) is 10.3 Å². The Bertz CT molecular complexity index is 433. The first-order chi connectivity index (χ1) is 6.16. The van der Waals surface area contributed by atoms with Crippen LogP contribution in [-0.2, 0) is 0 Å². The maximum absolute atomic E-state index is 5.80. The zero-order valence-corrected chi connectivity index (χ0v) is 8.31. The van der Waals surface area contributed by atoms with E-state index in [1.54, 1.807) is 12.1 Å². The number of aliphatic imine (C=N–C) groups is 1. The Morgan fingerprint density at radius 1 is 1.23 bits per heavy atom. The van der Waals surface area contributed by atoms with Gasteiger partial charge in [-0.15, -0.1) is 0 Å². The molecule has 0 fully saturated rings. The Morgan fingerprint density at radius 2 is 1.77 bits per heavy atom. The van der Waals surface area contributed by atoms with Crippen LogP contribution in [0.1, 0.15) is 0 Å². The van der Waals surface area contributed by atoms with E-state index in [-0.39, 0.29) is 5.16 Å². The minimum atomic E-state index is 0.192. The Labute approximate surface area is 86.0 Å². The SMILES string of the molecule is C=N/C(Cl)=c1/cccc/c1=C(/N)Cl. The third-order valence-electron chi connectivity index (χ3n) is 1.55. The van der Waals surface area contributed by atoms with Crippen molar-refractivity contribution < 1.29 is 0 Å². The molecule has 2 N–H and O–H groups in total. The molecule has 0 bridgehead atoms. The van der Waals surface area contributed by atoms with Crippen molar-refractivity contribution in [2.24, 2.45) is 10.7 Å². The number of halogens is 2. The molecule has 0 radical (unpaired) electrons. The maximum atomic E-state index is 5.80. The highest BCUT2D eigenvalue weighted by molar-refractivity contribution is 6.46. The van der Waals surface area contributed by atoms with Crippen molar-refractivity contribution in [3.05, 3.63) is 34.7 Å². The van der Waals surface area contributed by atoms with Crippen LogP contribution in [0.15, 0.2) is 29.3 Å². The van der Waals surface area contributed by atoms with Gasteiger partial charge in [0, 0.05) is 10.4 Å². The van der Waals surface area contributed by atoms with Crippen LogP contribution in [0.25, 0.3) is 10.3 Å². The molecule has 0 aliphatic carbocycles. The van der Waals surface area contributed by atoms with Crippen molar-refractivity contribution in [1.29, 1.82) is 0 Å². The average molecular weight is 215 g/mol. The normalized spacial score (nSPS) is 14.9. The maximum Gasteiger partial charge on any atom is 0.136 e. The van der Waals surface area contributed by atoms with Gasteiger partial charge in [0.15, 0.2) is 0 Å². The van der Waals surface area contributed by atoms with E-state index in [1.807, 2.05) is 12.1 Å². The molecule has 0 aromatic heterocycles. The average Bonchev–Trinajstić information content (AvgIpc) is 2.16. The minimum Gasteiger partial charge on any atom is -0.389 e. The van der Waals surface area contributed by atoms with Crippen LogP contribution in [0.2, 0.25) is 0 Å². The lowest BCUT2D eigenvalue weighted by atomic mass is 10.2. The fourth-order valence-corrected chi connectivity index (χ4v) is 1.29. The summed E-state index contributed by atoms with van der Waals surface area (Å²) in [5.41, 5.74) is 5.46. The molecule has 1 aromatic carbocycles. The van der Waals surface area contributed by atoms with Gasteiger partial charge in [-0.2, -0.15) is 0 Å². The molecule has 1 aromatic rings. The van der Waals surface area contributed by atoms with Crippen LogP contribution >= 0.6 is 23.2 Å². The number of nitrogens with two attached hydrogens (primary N) is 1. The van der Waals surface area contributed by atoms with E-state index in [4.69, 9.17) is 28.9 Å². The molecular weight excluding hydrogens is 207 g/mol. The lowest BCUT2D eigenvalue weighted by molar-refractivity contribution is 1.45. The quantitative estimate of drug-likeness (QED) is 0.549. The van der Waals surface area contributed by atoms with Gasteiger partial charge in [-0.1, -0.05) is 47.5 Å². The minimum absolute atomic E-state index is 0.192. The lowest BCUT2D eigenvalue weighted by Crippen LogP contribution is -2.28. The van der Waals surface area contributed by atoms with Crippen LogP contribution in [0.3, 0.4) is 0 Å². The summed E-state index contributed by atoms with van der Waals surface area (Å²) < 4.78 is 0. The van der Waals surface area contributed by atoms with Crippen molar-refractivity contribution in [3.63, 3.8) is 0 Å². The largest absolute Gasteiger partial charge is 0.389 e. The number of rotatable bonds is 1. The summed E-state index contributed by atoms with van der Waals surface area (Å²) in [6, 6.07) is 7.19. The van der Waals surface area contributed by atoms with E-state index in [0.717, 1.165) is 0 Å². The van der Waals surface area contributed by atoms with Gasteiger partial charge in [-0.05, 0) is 6.72 Å². The Kier molecular flexibility index (Phi) is 3.34. The monoisotopic (exact) mass is 214 g/mol. The van der Waals surface area contributed by atoms with Gasteiger partial charge in [0.2, 0.25) is 0 Å². The van der Waals surface area contributed by atoms with Crippen LogP contribution in [-0.4, -0.2) is 6.72 Å². The highest BCUT2D eigenvalue weighted by Crippen LogP contribution is 1.98. The highest BCUT2D eigenvalue weighted by atomic mass is 35.5. The number of benzene rings is 1. The molecule has 4 heteroatoms. The van der Waals surface area contributed by atoms with E-state index in [0.29, 0.717) is 15.6 Å².